The van der Waals surface area contributed by atoms with Crippen molar-refractivity contribution in [1.82, 2.24) is 4.31 Å². The number of aryl methyl sites for hydroxylation is 1. The number of benzene rings is 3. The molecule has 0 aromatic heterocycles. The van der Waals surface area contributed by atoms with Crippen LogP contribution in [0, 0.1) is 6.92 Å². The van der Waals surface area contributed by atoms with Gasteiger partial charge in [0.15, 0.2) is 0 Å². The highest BCUT2D eigenvalue weighted by atomic mass is 32.2. The van der Waals surface area contributed by atoms with Gasteiger partial charge in [-0.3, -0.25) is 13.9 Å². The molecule has 4 rings (SSSR count). The van der Waals surface area contributed by atoms with Crippen LogP contribution in [0.3, 0.4) is 0 Å². The Bertz CT molecular complexity index is 1770. The lowest BCUT2D eigenvalue weighted by Crippen LogP contribution is -2.39. The van der Waals surface area contributed by atoms with Gasteiger partial charge < -0.3 is 4.90 Å². The predicted molar refractivity (Wildman–Crippen MR) is 154 cm³/mol. The molecule has 0 aliphatic carbocycles. The molecule has 1 aliphatic rings. The average Bonchev–Trinajstić information content (AvgIpc) is 2.89. The molecule has 220 valence electrons. The van der Waals surface area contributed by atoms with Gasteiger partial charge >= 0.3 is 0 Å². The maximum absolute atomic E-state index is 14.0. The molecule has 1 aliphatic heterocycles. The zero-order chi connectivity index (χ0) is 30.0. The zero-order valence-electron chi connectivity index (χ0n) is 22.2. The minimum Gasteiger partial charge on any atom is -0.341 e. The lowest BCUT2D eigenvalue weighted by molar-refractivity contribution is 0.0860. The number of anilines is 2. The third kappa shape index (κ3) is 7.32. The maximum atomic E-state index is 14.0. The van der Waals surface area contributed by atoms with Gasteiger partial charge in [0, 0.05) is 36.4 Å². The van der Waals surface area contributed by atoms with Crippen LogP contribution >= 0.6 is 0 Å². The van der Waals surface area contributed by atoms with Crippen LogP contribution in [-0.2, 0) is 36.7 Å². The number of hydrogen-bond acceptors (Lipinski definition) is 8. The van der Waals surface area contributed by atoms with Gasteiger partial charge in [-0.25, -0.2) is 12.7 Å². The van der Waals surface area contributed by atoms with Gasteiger partial charge in [0.25, 0.3) is 36.2 Å². The van der Waals surface area contributed by atoms with Gasteiger partial charge in [-0.1, -0.05) is 42.0 Å². The summed E-state index contributed by atoms with van der Waals surface area (Å²) in [5, 5.41) is 0. The van der Waals surface area contributed by atoms with Gasteiger partial charge in [0.2, 0.25) is 0 Å². The third-order valence-corrected chi connectivity index (χ3v) is 10.1. The lowest BCUT2D eigenvalue weighted by Gasteiger charge is -2.35. The number of sulfonamides is 1. The van der Waals surface area contributed by atoms with Crippen molar-refractivity contribution < 1.29 is 39.2 Å². The topological polar surface area (TPSA) is 166 Å². The summed E-state index contributed by atoms with van der Waals surface area (Å²) in [5.41, 5.74) is 3.60. The van der Waals surface area contributed by atoms with E-state index >= 15 is 0 Å². The summed E-state index contributed by atoms with van der Waals surface area (Å²) in [5.74, 6) is -2.06. The largest absolute Gasteiger partial charge is 0.341 e. The fourth-order valence-corrected chi connectivity index (χ4v) is 7.21. The standard InChI is InChI=1S/C27H30N2O9S3/c1-20-11-13-22(14-12-20)41(37,38)29(16-6-18-40(34,35)36)27(30)23-8-4-10-26-24(23)19-21-7-2-3-9-25(21)28(26)15-5-17-39(31,32)33/h2-4,7-14H,5-6,15-19H2,1H3,(H,31,32,33)(H,34,35,36). The van der Waals surface area contributed by atoms with Crippen molar-refractivity contribution in [2.24, 2.45) is 0 Å². The number of para-hydroxylation sites is 1. The van der Waals surface area contributed by atoms with E-state index in [9.17, 15) is 39.2 Å². The van der Waals surface area contributed by atoms with Crippen LogP contribution < -0.4 is 4.90 Å². The summed E-state index contributed by atoms with van der Waals surface area (Å²) >= 11 is 0. The normalized spacial score (nSPS) is 13.4. The molecule has 0 fully saturated rings. The number of rotatable bonds is 11. The van der Waals surface area contributed by atoms with Crippen LogP contribution in [0.25, 0.3) is 0 Å². The molecule has 0 saturated carbocycles. The second-order valence-electron chi connectivity index (χ2n) is 9.73. The van der Waals surface area contributed by atoms with E-state index in [4.69, 9.17) is 0 Å². The van der Waals surface area contributed by atoms with E-state index in [2.05, 4.69) is 0 Å². The number of nitrogens with zero attached hydrogens (tertiary/aromatic N) is 2. The summed E-state index contributed by atoms with van der Waals surface area (Å²) in [4.78, 5) is 15.7. The van der Waals surface area contributed by atoms with E-state index in [0.717, 1.165) is 16.8 Å². The fraction of sp³-hybridized carbons (Fsp3) is 0.296. The molecule has 11 nitrogen and oxygen atoms in total. The molecule has 41 heavy (non-hydrogen) atoms. The monoisotopic (exact) mass is 622 g/mol. The van der Waals surface area contributed by atoms with Gasteiger partial charge in [-0.05, 0) is 61.2 Å². The molecule has 2 N–H and O–H groups in total. The lowest BCUT2D eigenvalue weighted by atomic mass is 9.91. The first-order valence-corrected chi connectivity index (χ1v) is 17.3. The molecular formula is C27H30N2O9S3. The van der Waals surface area contributed by atoms with Gasteiger partial charge in [-0.2, -0.15) is 16.8 Å². The van der Waals surface area contributed by atoms with Crippen molar-refractivity contribution in [2.75, 3.05) is 29.5 Å². The Kier molecular flexibility index (Phi) is 8.90. The molecule has 14 heteroatoms. The Morgan fingerprint density at radius 2 is 1.41 bits per heavy atom. The van der Waals surface area contributed by atoms with Crippen molar-refractivity contribution in [3.8, 4) is 0 Å². The Morgan fingerprint density at radius 3 is 2.07 bits per heavy atom. The van der Waals surface area contributed by atoms with Crippen LogP contribution in [0.1, 0.15) is 39.9 Å². The molecule has 1 heterocycles. The van der Waals surface area contributed by atoms with Crippen molar-refractivity contribution in [2.45, 2.75) is 31.1 Å². The van der Waals surface area contributed by atoms with Gasteiger partial charge in [0.1, 0.15) is 0 Å². The molecule has 0 spiro atoms. The van der Waals surface area contributed by atoms with Crippen LogP contribution in [-0.4, -0.2) is 69.2 Å². The van der Waals surface area contributed by atoms with Crippen molar-refractivity contribution >= 4 is 47.5 Å². The average molecular weight is 623 g/mol. The SMILES string of the molecule is Cc1ccc(S(=O)(=O)N(CCCS(=O)(=O)O)C(=O)c2cccc3c2Cc2ccccc2N3CCCS(=O)(=O)O)cc1. The van der Waals surface area contributed by atoms with E-state index in [1.54, 1.807) is 31.2 Å². The minimum absolute atomic E-state index is 0.0827. The first kappa shape index (κ1) is 30.7. The molecule has 0 bridgehead atoms. The predicted octanol–water partition coefficient (Wildman–Crippen LogP) is 3.42. The molecule has 1 amide bonds. The fourth-order valence-electron chi connectivity index (χ4n) is 4.80. The second kappa shape index (κ2) is 11.9. The number of carbonyl (C=O) groups excluding carboxylic acids is 1. The first-order chi connectivity index (χ1) is 19.2. The van der Waals surface area contributed by atoms with Crippen molar-refractivity contribution in [1.29, 1.82) is 0 Å². The molecule has 3 aromatic rings. The van der Waals surface area contributed by atoms with E-state index in [1.165, 1.54) is 18.2 Å². The van der Waals surface area contributed by atoms with E-state index in [0.29, 0.717) is 15.6 Å². The van der Waals surface area contributed by atoms with Crippen LogP contribution in [0.2, 0.25) is 0 Å². The summed E-state index contributed by atoms with van der Waals surface area (Å²) in [7, 11) is -13.0. The summed E-state index contributed by atoms with van der Waals surface area (Å²) in [6.07, 6.45) is 0.0509. The highest BCUT2D eigenvalue weighted by Gasteiger charge is 2.34. The minimum atomic E-state index is -4.41. The molecule has 0 radical (unpaired) electrons. The highest BCUT2D eigenvalue weighted by molar-refractivity contribution is 7.89. The Balaban J connectivity index is 1.77. The Morgan fingerprint density at radius 1 is 0.805 bits per heavy atom. The maximum Gasteiger partial charge on any atom is 0.267 e. The molecule has 0 atom stereocenters. The summed E-state index contributed by atoms with van der Waals surface area (Å²) in [6, 6.07) is 18.0. The third-order valence-electron chi connectivity index (χ3n) is 6.71. The van der Waals surface area contributed by atoms with E-state index in [1.807, 2.05) is 29.2 Å². The quantitative estimate of drug-likeness (QED) is 0.303. The number of fused-ring (bicyclic) bond motifs is 2. The van der Waals surface area contributed by atoms with Gasteiger partial charge in [-0.15, -0.1) is 0 Å². The smallest absolute Gasteiger partial charge is 0.267 e. The molecule has 0 unspecified atom stereocenters. The first-order valence-electron chi connectivity index (χ1n) is 12.7. The van der Waals surface area contributed by atoms with Crippen LogP contribution in [0.4, 0.5) is 11.4 Å². The van der Waals surface area contributed by atoms with E-state index in [-0.39, 0.29) is 36.3 Å². The number of carbonyl (C=O) groups is 1. The Hall–Kier alpha value is -3.30. The summed E-state index contributed by atoms with van der Waals surface area (Å²) < 4.78 is 91.8. The number of amides is 1. The number of hydrogen-bond donors (Lipinski definition) is 2. The van der Waals surface area contributed by atoms with Crippen molar-refractivity contribution in [3.63, 3.8) is 0 Å². The second-order valence-corrected chi connectivity index (χ2v) is 14.7. The molecular weight excluding hydrogens is 593 g/mol. The van der Waals surface area contributed by atoms with Crippen LogP contribution in [0.5, 0.6) is 0 Å². The summed E-state index contributed by atoms with van der Waals surface area (Å²) in [6.45, 7) is 1.48. The highest BCUT2D eigenvalue weighted by Crippen LogP contribution is 2.40. The molecule has 0 saturated heterocycles. The van der Waals surface area contributed by atoms with E-state index < -0.39 is 54.2 Å². The van der Waals surface area contributed by atoms with Crippen LogP contribution in [0.15, 0.2) is 71.6 Å². The zero-order valence-corrected chi connectivity index (χ0v) is 24.6. The van der Waals surface area contributed by atoms with Crippen molar-refractivity contribution in [3.05, 3.63) is 89.0 Å². The van der Waals surface area contributed by atoms with Gasteiger partial charge in [0.05, 0.1) is 16.4 Å². The Labute approximate surface area is 240 Å². The molecule has 3 aromatic carbocycles.